The average molecular weight is 363 g/mol. The van der Waals surface area contributed by atoms with Gasteiger partial charge in [-0.3, -0.25) is 5.32 Å². The van der Waals surface area contributed by atoms with E-state index in [0.717, 1.165) is 12.3 Å². The third-order valence-corrected chi connectivity index (χ3v) is 8.40. The molecule has 2 aromatic rings. The molecule has 0 unspecified atom stereocenters. The summed E-state index contributed by atoms with van der Waals surface area (Å²) in [4.78, 5) is 19.6. The summed E-state index contributed by atoms with van der Waals surface area (Å²) in [5.74, 6) is 0.462. The van der Waals surface area contributed by atoms with Crippen molar-refractivity contribution in [2.45, 2.75) is 38.9 Å². The van der Waals surface area contributed by atoms with Crippen LogP contribution in [0.25, 0.3) is 0 Å². The molecule has 0 spiro atoms. The van der Waals surface area contributed by atoms with Crippen LogP contribution in [0, 0.1) is 5.82 Å². The molecule has 2 rings (SSSR count). The zero-order valence-electron chi connectivity index (χ0n) is 15.0. The van der Waals surface area contributed by atoms with Gasteiger partial charge in [-0.1, -0.05) is 20.8 Å². The standard InChI is InChI=1S/C17H22FN3O3Si/c1-17(2,3)25(4,5)24-13-7-8-14(19-11-13)21-16(22)23-15-9-6-12(18)10-20-15/h6-11H,1-5H3,(H,19,21,22). The number of rotatable bonds is 4. The number of hydrogen-bond acceptors (Lipinski definition) is 5. The van der Waals surface area contributed by atoms with Crippen LogP contribution in [0.4, 0.5) is 15.0 Å². The molecule has 0 fully saturated rings. The molecule has 0 aromatic carbocycles. The van der Waals surface area contributed by atoms with Gasteiger partial charge in [0.05, 0.1) is 12.4 Å². The summed E-state index contributed by atoms with van der Waals surface area (Å²) in [6.45, 7) is 10.8. The van der Waals surface area contributed by atoms with Gasteiger partial charge in [-0.25, -0.2) is 19.2 Å². The van der Waals surface area contributed by atoms with Crippen LogP contribution in [0.2, 0.25) is 18.1 Å². The fraction of sp³-hybridized carbons (Fsp3) is 0.353. The smallest absolute Gasteiger partial charge is 0.419 e. The SMILES string of the molecule is CC(C)(C)[Si](C)(C)Oc1ccc(NC(=O)Oc2ccc(F)cn2)nc1. The van der Waals surface area contributed by atoms with Crippen molar-refractivity contribution < 1.29 is 18.3 Å². The van der Waals surface area contributed by atoms with Gasteiger partial charge in [-0.2, -0.15) is 0 Å². The number of ether oxygens (including phenoxy) is 1. The zero-order valence-corrected chi connectivity index (χ0v) is 16.0. The number of anilines is 1. The molecule has 8 heteroatoms. The Kier molecular flexibility index (Phi) is 5.41. The number of carbonyl (C=O) groups excluding carboxylic acids is 1. The number of nitrogens with zero attached hydrogens (tertiary/aromatic N) is 2. The largest absolute Gasteiger partial charge is 0.542 e. The number of amides is 1. The van der Waals surface area contributed by atoms with Crippen molar-refractivity contribution >= 4 is 20.2 Å². The van der Waals surface area contributed by atoms with Crippen LogP contribution in [0.1, 0.15) is 20.8 Å². The summed E-state index contributed by atoms with van der Waals surface area (Å²) < 4.78 is 23.8. The highest BCUT2D eigenvalue weighted by Crippen LogP contribution is 2.37. The van der Waals surface area contributed by atoms with E-state index in [1.54, 1.807) is 18.3 Å². The maximum atomic E-state index is 12.8. The number of aromatic nitrogens is 2. The molecule has 0 bridgehead atoms. The van der Waals surface area contributed by atoms with E-state index in [1.807, 2.05) is 0 Å². The summed E-state index contributed by atoms with van der Waals surface area (Å²) in [6, 6.07) is 5.79. The van der Waals surface area contributed by atoms with Crippen molar-refractivity contribution in [1.29, 1.82) is 0 Å². The number of hydrogen-bond donors (Lipinski definition) is 1. The third kappa shape index (κ3) is 5.25. The van der Waals surface area contributed by atoms with Gasteiger partial charge in [-0.15, -0.1) is 0 Å². The van der Waals surface area contributed by atoms with Crippen LogP contribution in [-0.4, -0.2) is 24.4 Å². The fourth-order valence-corrected chi connectivity index (χ4v) is 2.63. The summed E-state index contributed by atoms with van der Waals surface area (Å²) >= 11 is 0. The van der Waals surface area contributed by atoms with Gasteiger partial charge in [0.1, 0.15) is 17.4 Å². The van der Waals surface area contributed by atoms with Crippen LogP contribution in [-0.2, 0) is 0 Å². The predicted octanol–water partition coefficient (Wildman–Crippen LogP) is 4.61. The first-order valence-corrected chi connectivity index (χ1v) is 10.7. The van der Waals surface area contributed by atoms with Gasteiger partial charge in [0.25, 0.3) is 8.32 Å². The molecule has 6 nitrogen and oxygen atoms in total. The molecular weight excluding hydrogens is 341 g/mol. The zero-order chi connectivity index (χ0) is 18.7. The Morgan fingerprint density at radius 2 is 1.84 bits per heavy atom. The highest BCUT2D eigenvalue weighted by molar-refractivity contribution is 6.74. The van der Waals surface area contributed by atoms with Crippen molar-refractivity contribution in [2.24, 2.45) is 0 Å². The lowest BCUT2D eigenvalue weighted by Crippen LogP contribution is -2.43. The van der Waals surface area contributed by atoms with E-state index >= 15 is 0 Å². The van der Waals surface area contributed by atoms with Crippen LogP contribution < -0.4 is 14.5 Å². The van der Waals surface area contributed by atoms with Gasteiger partial charge < -0.3 is 9.16 Å². The Morgan fingerprint density at radius 3 is 2.36 bits per heavy atom. The molecule has 2 aromatic heterocycles. The minimum atomic E-state index is -1.94. The average Bonchev–Trinajstić information content (AvgIpc) is 2.50. The van der Waals surface area contributed by atoms with Gasteiger partial charge >= 0.3 is 6.09 Å². The lowest BCUT2D eigenvalue weighted by Gasteiger charge is -2.36. The van der Waals surface area contributed by atoms with Crippen LogP contribution in [0.3, 0.4) is 0 Å². The van der Waals surface area contributed by atoms with E-state index in [4.69, 9.17) is 9.16 Å². The Balaban J connectivity index is 1.96. The van der Waals surface area contributed by atoms with E-state index in [0.29, 0.717) is 11.6 Å². The molecule has 134 valence electrons. The van der Waals surface area contributed by atoms with Crippen LogP contribution in [0.15, 0.2) is 36.7 Å². The van der Waals surface area contributed by atoms with E-state index in [1.165, 1.54) is 6.07 Å². The Bertz CT molecular complexity index is 728. The van der Waals surface area contributed by atoms with E-state index in [9.17, 15) is 9.18 Å². The monoisotopic (exact) mass is 363 g/mol. The molecular formula is C17H22FN3O3Si. The minimum Gasteiger partial charge on any atom is -0.542 e. The first-order valence-electron chi connectivity index (χ1n) is 7.82. The van der Waals surface area contributed by atoms with Gasteiger partial charge in [0.2, 0.25) is 5.88 Å². The normalized spacial score (nSPS) is 11.8. The van der Waals surface area contributed by atoms with Crippen molar-refractivity contribution in [3.63, 3.8) is 0 Å². The maximum absolute atomic E-state index is 12.8. The lowest BCUT2D eigenvalue weighted by atomic mass is 10.2. The minimum absolute atomic E-state index is 0.00298. The van der Waals surface area contributed by atoms with Crippen LogP contribution in [0.5, 0.6) is 11.6 Å². The lowest BCUT2D eigenvalue weighted by molar-refractivity contribution is 0.213. The molecule has 0 saturated heterocycles. The first kappa shape index (κ1) is 18.8. The highest BCUT2D eigenvalue weighted by Gasteiger charge is 2.39. The molecule has 0 radical (unpaired) electrons. The second-order valence-electron chi connectivity index (χ2n) is 7.07. The highest BCUT2D eigenvalue weighted by atomic mass is 28.4. The Morgan fingerprint density at radius 1 is 1.12 bits per heavy atom. The number of halogens is 1. The first-order chi connectivity index (χ1) is 11.6. The quantitative estimate of drug-likeness (QED) is 0.803. The van der Waals surface area contributed by atoms with Gasteiger partial charge in [0.15, 0.2) is 0 Å². The van der Waals surface area contributed by atoms with E-state index in [2.05, 4.69) is 49.1 Å². The molecule has 25 heavy (non-hydrogen) atoms. The number of carbonyl (C=O) groups is 1. The van der Waals surface area contributed by atoms with E-state index < -0.39 is 20.2 Å². The molecule has 0 atom stereocenters. The molecule has 0 saturated carbocycles. The van der Waals surface area contributed by atoms with Crippen molar-refractivity contribution in [2.75, 3.05) is 5.32 Å². The van der Waals surface area contributed by atoms with E-state index in [-0.39, 0.29) is 10.9 Å². The summed E-state index contributed by atoms with van der Waals surface area (Å²) in [5, 5.41) is 2.55. The third-order valence-electron chi connectivity index (χ3n) is 4.04. The topological polar surface area (TPSA) is 73.3 Å². The fourth-order valence-electron chi connectivity index (χ4n) is 1.61. The molecule has 0 aliphatic heterocycles. The number of pyridine rings is 2. The molecule has 0 aliphatic carbocycles. The Labute approximate surface area is 147 Å². The molecule has 2 heterocycles. The van der Waals surface area contributed by atoms with Crippen LogP contribution >= 0.6 is 0 Å². The predicted molar refractivity (Wildman–Crippen MR) is 95.9 cm³/mol. The van der Waals surface area contributed by atoms with Crippen molar-refractivity contribution in [1.82, 2.24) is 9.97 Å². The second kappa shape index (κ2) is 7.18. The Hall–Kier alpha value is -2.48. The molecule has 1 amide bonds. The summed E-state index contributed by atoms with van der Waals surface area (Å²) in [7, 11) is -1.94. The molecule has 0 aliphatic rings. The van der Waals surface area contributed by atoms with Crippen molar-refractivity contribution in [3.05, 3.63) is 42.5 Å². The summed E-state index contributed by atoms with van der Waals surface area (Å²) in [6.07, 6.45) is 1.77. The maximum Gasteiger partial charge on any atom is 0.419 e. The number of nitrogens with one attached hydrogen (secondary N) is 1. The van der Waals surface area contributed by atoms with Crippen molar-refractivity contribution in [3.8, 4) is 11.6 Å². The second-order valence-corrected chi connectivity index (χ2v) is 11.8. The van der Waals surface area contributed by atoms with Gasteiger partial charge in [0, 0.05) is 6.07 Å². The van der Waals surface area contributed by atoms with Gasteiger partial charge in [-0.05, 0) is 36.3 Å². The summed E-state index contributed by atoms with van der Waals surface area (Å²) in [5.41, 5.74) is 0. The molecule has 1 N–H and O–H groups in total.